The number of carbonyl (C=O) groups excluding carboxylic acids is 3. The van der Waals surface area contributed by atoms with Gasteiger partial charge >= 0.3 is 11.9 Å². The first-order chi connectivity index (χ1) is 17.8. The summed E-state index contributed by atoms with van der Waals surface area (Å²) in [7, 11) is 0. The molecule has 192 valence electrons. The Kier molecular flexibility index (Phi) is 7.47. The Bertz CT molecular complexity index is 1520. The molecule has 4 aromatic rings. The van der Waals surface area contributed by atoms with Crippen molar-refractivity contribution in [3.8, 4) is 5.69 Å². The lowest BCUT2D eigenvalue weighted by atomic mass is 10.1. The predicted octanol–water partition coefficient (Wildman–Crippen LogP) is 1.85. The van der Waals surface area contributed by atoms with E-state index in [1.54, 1.807) is 61.3 Å². The average Bonchev–Trinajstić information content (AvgIpc) is 3.31. The molecule has 0 bridgehead atoms. The molecule has 0 saturated carbocycles. The molecule has 0 saturated heterocycles. The van der Waals surface area contributed by atoms with Gasteiger partial charge in [0.1, 0.15) is 6.04 Å². The van der Waals surface area contributed by atoms with Gasteiger partial charge in [0.05, 0.1) is 18.6 Å². The number of pyridine rings is 1. The number of ether oxygens (including phenoxy) is 2. The van der Waals surface area contributed by atoms with Crippen LogP contribution in [0.5, 0.6) is 0 Å². The molecule has 3 aromatic heterocycles. The van der Waals surface area contributed by atoms with Crippen LogP contribution >= 0.6 is 0 Å². The van der Waals surface area contributed by atoms with Gasteiger partial charge < -0.3 is 25.1 Å². The number of nitrogen functional groups attached to an aromatic ring is 1. The maximum atomic E-state index is 12.8. The molecule has 0 spiro atoms. The third-order valence-corrected chi connectivity index (χ3v) is 5.62. The van der Waals surface area contributed by atoms with Gasteiger partial charge in [-0.15, -0.1) is 0 Å². The largest absolute Gasteiger partial charge is 0.466 e. The summed E-state index contributed by atoms with van der Waals surface area (Å²) < 4.78 is 11.7. The molecule has 1 aromatic carbocycles. The molecule has 1 atom stereocenters. The second-order valence-corrected chi connectivity index (χ2v) is 8.11. The Morgan fingerprint density at radius 2 is 1.84 bits per heavy atom. The molecule has 4 rings (SSSR count). The van der Waals surface area contributed by atoms with Crippen LogP contribution in [0.25, 0.3) is 27.5 Å². The van der Waals surface area contributed by atoms with E-state index >= 15 is 0 Å². The monoisotopic (exact) mass is 506 g/mol. The number of aromatic nitrogens is 4. The molecule has 4 N–H and O–H groups in total. The SMILES string of the molecule is CCOC(=O)CCC(NC(=O)c1ccc(-n2cc3cnc4nc(N)[nH]c(=O)c4c3c2)cc1)C(=O)OCC. The number of hydrogen-bond acceptors (Lipinski definition) is 9. The normalized spacial score (nSPS) is 11.8. The Hall–Kier alpha value is -4.74. The molecular weight excluding hydrogens is 480 g/mol. The predicted molar refractivity (Wildman–Crippen MR) is 135 cm³/mol. The summed E-state index contributed by atoms with van der Waals surface area (Å²) in [6, 6.07) is 5.67. The van der Waals surface area contributed by atoms with Gasteiger partial charge in [0.2, 0.25) is 5.95 Å². The van der Waals surface area contributed by atoms with Crippen LogP contribution in [0.4, 0.5) is 5.95 Å². The number of nitrogens with one attached hydrogen (secondary N) is 2. The lowest BCUT2D eigenvalue weighted by Crippen LogP contribution is -2.42. The zero-order valence-electron chi connectivity index (χ0n) is 20.3. The van der Waals surface area contributed by atoms with Crippen LogP contribution in [0.1, 0.15) is 37.0 Å². The van der Waals surface area contributed by atoms with E-state index in [0.29, 0.717) is 16.3 Å². The van der Waals surface area contributed by atoms with Crippen LogP contribution in [0.15, 0.2) is 47.7 Å². The molecule has 0 aliphatic carbocycles. The van der Waals surface area contributed by atoms with Gasteiger partial charge in [-0.05, 0) is 44.5 Å². The summed E-state index contributed by atoms with van der Waals surface area (Å²) in [6.45, 7) is 3.72. The lowest BCUT2D eigenvalue weighted by molar-refractivity contribution is -0.146. The van der Waals surface area contributed by atoms with Crippen LogP contribution in [0.2, 0.25) is 0 Å². The summed E-state index contributed by atoms with van der Waals surface area (Å²) in [5.41, 5.74) is 6.52. The summed E-state index contributed by atoms with van der Waals surface area (Å²) in [6.07, 6.45) is 5.20. The number of carbonyl (C=O) groups is 3. The van der Waals surface area contributed by atoms with Crippen molar-refractivity contribution in [2.75, 3.05) is 18.9 Å². The second-order valence-electron chi connectivity index (χ2n) is 8.11. The van der Waals surface area contributed by atoms with Crippen molar-refractivity contribution in [2.45, 2.75) is 32.7 Å². The van der Waals surface area contributed by atoms with Crippen molar-refractivity contribution in [2.24, 2.45) is 0 Å². The number of rotatable bonds is 9. The fourth-order valence-electron chi connectivity index (χ4n) is 3.89. The van der Waals surface area contributed by atoms with Gasteiger partial charge in [-0.3, -0.25) is 19.4 Å². The molecule has 0 radical (unpaired) electrons. The number of nitrogens with two attached hydrogens (primary N) is 1. The smallest absolute Gasteiger partial charge is 0.328 e. The zero-order valence-corrected chi connectivity index (χ0v) is 20.3. The molecule has 3 heterocycles. The number of esters is 2. The second kappa shape index (κ2) is 10.9. The zero-order chi connectivity index (χ0) is 26.5. The van der Waals surface area contributed by atoms with E-state index in [1.807, 2.05) is 0 Å². The van der Waals surface area contributed by atoms with E-state index in [4.69, 9.17) is 15.2 Å². The lowest BCUT2D eigenvalue weighted by Gasteiger charge is -2.17. The summed E-state index contributed by atoms with van der Waals surface area (Å²) in [5, 5.41) is 4.34. The summed E-state index contributed by atoms with van der Waals surface area (Å²) >= 11 is 0. The van der Waals surface area contributed by atoms with Crippen molar-refractivity contribution in [3.63, 3.8) is 0 Å². The summed E-state index contributed by atoms with van der Waals surface area (Å²) in [5.74, 6) is -1.58. The van der Waals surface area contributed by atoms with Crippen molar-refractivity contribution >= 4 is 45.6 Å². The highest BCUT2D eigenvalue weighted by molar-refractivity contribution is 6.04. The van der Waals surface area contributed by atoms with E-state index in [2.05, 4.69) is 20.3 Å². The number of aromatic amines is 1. The molecule has 0 aliphatic heterocycles. The number of hydrogen-bond donors (Lipinski definition) is 3. The molecule has 0 aliphatic rings. The molecule has 0 fully saturated rings. The molecule has 1 amide bonds. The molecule has 37 heavy (non-hydrogen) atoms. The number of benzene rings is 1. The minimum atomic E-state index is -0.993. The standard InChI is InChI=1S/C25H26N6O6/c1-3-36-19(32)10-9-18(24(35)37-4-2)28-22(33)14-5-7-16(8-6-14)31-12-15-11-27-21-20(17(15)13-31)23(34)30-25(26)29-21/h5-8,11-13,18H,3-4,9-10H2,1-2H3,(H,28,33)(H3,26,29,30,34). The quantitative estimate of drug-likeness (QED) is 0.286. The maximum absolute atomic E-state index is 12.8. The molecule has 12 nitrogen and oxygen atoms in total. The number of nitrogens with zero attached hydrogens (tertiary/aromatic N) is 3. The Labute approximate surface area is 210 Å². The number of H-pyrrole nitrogens is 1. The van der Waals surface area contributed by atoms with Crippen molar-refractivity contribution in [1.82, 2.24) is 24.8 Å². The molecular formula is C25H26N6O6. The minimum Gasteiger partial charge on any atom is -0.466 e. The fourth-order valence-corrected chi connectivity index (χ4v) is 3.89. The average molecular weight is 507 g/mol. The van der Waals surface area contributed by atoms with Crippen molar-refractivity contribution in [3.05, 3.63) is 58.8 Å². The first-order valence-electron chi connectivity index (χ1n) is 11.7. The van der Waals surface area contributed by atoms with E-state index in [-0.39, 0.29) is 43.2 Å². The molecule has 1 unspecified atom stereocenters. The van der Waals surface area contributed by atoms with E-state index in [0.717, 1.165) is 11.1 Å². The Balaban J connectivity index is 1.54. The highest BCUT2D eigenvalue weighted by atomic mass is 16.5. The Morgan fingerprint density at radius 1 is 1.11 bits per heavy atom. The number of fused-ring (bicyclic) bond motifs is 3. The third kappa shape index (κ3) is 5.58. The van der Waals surface area contributed by atoms with Crippen LogP contribution in [0.3, 0.4) is 0 Å². The fraction of sp³-hybridized carbons (Fsp3) is 0.280. The topological polar surface area (TPSA) is 171 Å². The maximum Gasteiger partial charge on any atom is 0.328 e. The molecule has 12 heteroatoms. The minimum absolute atomic E-state index is 0.0104. The summed E-state index contributed by atoms with van der Waals surface area (Å²) in [4.78, 5) is 60.1. The highest BCUT2D eigenvalue weighted by Gasteiger charge is 2.24. The van der Waals surface area contributed by atoms with E-state index in [1.165, 1.54) is 0 Å². The van der Waals surface area contributed by atoms with Crippen LogP contribution < -0.4 is 16.6 Å². The van der Waals surface area contributed by atoms with Gasteiger partial charge in [0.25, 0.3) is 11.5 Å². The van der Waals surface area contributed by atoms with E-state index in [9.17, 15) is 19.2 Å². The van der Waals surface area contributed by atoms with Gasteiger partial charge in [-0.1, -0.05) is 0 Å². The van der Waals surface area contributed by atoms with Gasteiger partial charge in [-0.25, -0.2) is 9.78 Å². The number of amides is 1. The van der Waals surface area contributed by atoms with E-state index < -0.39 is 23.9 Å². The third-order valence-electron chi connectivity index (χ3n) is 5.62. The Morgan fingerprint density at radius 3 is 2.54 bits per heavy atom. The first-order valence-corrected chi connectivity index (χ1v) is 11.7. The van der Waals surface area contributed by atoms with Crippen LogP contribution in [0, 0.1) is 0 Å². The van der Waals surface area contributed by atoms with Gasteiger partial charge in [-0.2, -0.15) is 4.98 Å². The van der Waals surface area contributed by atoms with Crippen LogP contribution in [-0.4, -0.2) is 56.6 Å². The van der Waals surface area contributed by atoms with Crippen molar-refractivity contribution in [1.29, 1.82) is 0 Å². The highest BCUT2D eigenvalue weighted by Crippen LogP contribution is 2.23. The van der Waals surface area contributed by atoms with Gasteiger partial charge in [0, 0.05) is 47.0 Å². The van der Waals surface area contributed by atoms with Crippen molar-refractivity contribution < 1.29 is 23.9 Å². The number of anilines is 1. The van der Waals surface area contributed by atoms with Gasteiger partial charge in [0.15, 0.2) is 5.65 Å². The van der Waals surface area contributed by atoms with Crippen LogP contribution in [-0.2, 0) is 19.1 Å². The first kappa shape index (κ1) is 25.4.